The molecular weight excluding hydrogens is 420 g/mol. The molecule has 0 saturated carbocycles. The quantitative estimate of drug-likeness (QED) is 0.587. The van der Waals surface area contributed by atoms with Crippen molar-refractivity contribution < 1.29 is 23.9 Å². The molecule has 0 radical (unpaired) electrons. The van der Waals surface area contributed by atoms with Crippen LogP contribution in [0.5, 0.6) is 11.5 Å². The van der Waals surface area contributed by atoms with Crippen molar-refractivity contribution in [2.45, 2.75) is 25.9 Å². The minimum atomic E-state index is -0.766. The molecule has 2 amide bonds. The maximum Gasteiger partial charge on any atom is 0.255 e. The molecule has 166 valence electrons. The maximum absolute atomic E-state index is 13.6. The lowest BCUT2D eigenvalue weighted by molar-refractivity contribution is -0.120. The maximum atomic E-state index is 13.6. The zero-order valence-corrected chi connectivity index (χ0v) is 18.0. The molecule has 1 N–H and O–H groups in total. The second-order valence-corrected chi connectivity index (χ2v) is 8.09. The average Bonchev–Trinajstić information content (AvgIpc) is 3.41. The first-order chi connectivity index (χ1) is 16.0. The number of hydrogen-bond donors (Lipinski definition) is 1. The van der Waals surface area contributed by atoms with Crippen molar-refractivity contribution in [3.63, 3.8) is 0 Å². The van der Waals surface area contributed by atoms with Crippen molar-refractivity contribution >= 4 is 23.3 Å². The summed E-state index contributed by atoms with van der Waals surface area (Å²) in [4.78, 5) is 40.6. The highest BCUT2D eigenvalue weighted by atomic mass is 16.7. The van der Waals surface area contributed by atoms with Crippen molar-refractivity contribution in [2.24, 2.45) is 0 Å². The summed E-state index contributed by atoms with van der Waals surface area (Å²) in [7, 11) is 0. The van der Waals surface area contributed by atoms with Crippen LogP contribution in [0, 0.1) is 0 Å². The summed E-state index contributed by atoms with van der Waals surface area (Å²) in [6.07, 6.45) is 0.340. The molecule has 0 saturated heterocycles. The van der Waals surface area contributed by atoms with E-state index >= 15 is 0 Å². The third-order valence-electron chi connectivity index (χ3n) is 5.95. The van der Waals surface area contributed by atoms with Gasteiger partial charge in [0.15, 0.2) is 17.3 Å². The molecule has 7 nitrogen and oxygen atoms in total. The number of carbonyl (C=O) groups excluding carboxylic acids is 3. The number of Topliss-reactive ketones (excluding diaryl/α,β-unsaturated/α-hetero) is 1. The van der Waals surface area contributed by atoms with Crippen LogP contribution in [0.15, 0.2) is 66.7 Å². The summed E-state index contributed by atoms with van der Waals surface area (Å²) >= 11 is 0. The van der Waals surface area contributed by atoms with Gasteiger partial charge in [-0.25, -0.2) is 0 Å². The Morgan fingerprint density at radius 2 is 1.70 bits per heavy atom. The Balaban J connectivity index is 1.48. The number of benzene rings is 3. The van der Waals surface area contributed by atoms with Crippen LogP contribution in [0.4, 0.5) is 5.69 Å². The number of ether oxygens (including phenoxy) is 2. The van der Waals surface area contributed by atoms with Crippen LogP contribution in [-0.4, -0.2) is 35.3 Å². The van der Waals surface area contributed by atoms with E-state index in [-0.39, 0.29) is 24.4 Å². The number of ketones is 1. The molecule has 33 heavy (non-hydrogen) atoms. The van der Waals surface area contributed by atoms with Crippen LogP contribution < -0.4 is 14.8 Å². The van der Waals surface area contributed by atoms with E-state index in [4.69, 9.17) is 9.47 Å². The van der Waals surface area contributed by atoms with Crippen LogP contribution in [0.1, 0.15) is 38.8 Å². The number of carbonyl (C=O) groups is 3. The van der Waals surface area contributed by atoms with Crippen molar-refractivity contribution in [2.75, 3.05) is 12.1 Å². The van der Waals surface area contributed by atoms with E-state index in [0.29, 0.717) is 41.3 Å². The van der Waals surface area contributed by atoms with Crippen LogP contribution in [0.25, 0.3) is 0 Å². The zero-order valence-electron chi connectivity index (χ0n) is 18.0. The number of amides is 2. The molecule has 0 bridgehead atoms. The minimum absolute atomic E-state index is 0.0568. The monoisotopic (exact) mass is 442 g/mol. The standard InChI is InChI=1S/C26H22N2O5/c1-16(29)20-12-23-24(33-15-32-23)13-21(20)27-25(30)22(11-17-7-3-2-4-8-17)28-14-18-9-5-6-10-19(18)26(28)31/h2-10,12-13,22H,11,14-15H2,1H3,(H,27,30). The van der Waals surface area contributed by atoms with Crippen molar-refractivity contribution in [1.82, 2.24) is 4.90 Å². The summed E-state index contributed by atoms with van der Waals surface area (Å²) in [5.41, 5.74) is 3.08. The van der Waals surface area contributed by atoms with Gasteiger partial charge in [0.25, 0.3) is 5.91 Å². The molecule has 1 atom stereocenters. The SMILES string of the molecule is CC(=O)c1cc2c(cc1NC(=O)C(Cc1ccccc1)N1Cc3ccccc3C1=O)OCO2. The van der Waals surface area contributed by atoms with Gasteiger partial charge in [0.2, 0.25) is 12.7 Å². The topological polar surface area (TPSA) is 84.9 Å². The Morgan fingerprint density at radius 1 is 1.00 bits per heavy atom. The Hall–Kier alpha value is -4.13. The predicted octanol–water partition coefficient (Wildman–Crippen LogP) is 3.82. The van der Waals surface area contributed by atoms with Gasteiger partial charge < -0.3 is 19.7 Å². The van der Waals surface area contributed by atoms with E-state index in [2.05, 4.69) is 5.32 Å². The van der Waals surface area contributed by atoms with Crippen LogP contribution in [-0.2, 0) is 17.8 Å². The van der Waals surface area contributed by atoms with Gasteiger partial charge >= 0.3 is 0 Å². The van der Waals surface area contributed by atoms with Crippen LogP contribution >= 0.6 is 0 Å². The van der Waals surface area contributed by atoms with Gasteiger partial charge in [0.05, 0.1) is 5.69 Å². The largest absolute Gasteiger partial charge is 0.454 e. The second kappa shape index (κ2) is 8.43. The van der Waals surface area contributed by atoms with Crippen LogP contribution in [0.3, 0.4) is 0 Å². The van der Waals surface area contributed by atoms with Gasteiger partial charge in [0, 0.05) is 30.2 Å². The van der Waals surface area contributed by atoms with Crippen molar-refractivity contribution in [3.05, 3.63) is 89.0 Å². The summed E-state index contributed by atoms with van der Waals surface area (Å²) < 4.78 is 10.8. The fraction of sp³-hybridized carbons (Fsp3) is 0.192. The lowest BCUT2D eigenvalue weighted by Crippen LogP contribution is -2.45. The van der Waals surface area contributed by atoms with E-state index in [0.717, 1.165) is 11.1 Å². The van der Waals surface area contributed by atoms with Crippen molar-refractivity contribution in [1.29, 1.82) is 0 Å². The summed E-state index contributed by atoms with van der Waals surface area (Å²) in [6, 6.07) is 19.3. The third kappa shape index (κ3) is 3.93. The first-order valence-corrected chi connectivity index (χ1v) is 10.7. The summed E-state index contributed by atoms with van der Waals surface area (Å²) in [6.45, 7) is 1.83. The van der Waals surface area contributed by atoms with E-state index in [1.165, 1.54) is 6.92 Å². The highest BCUT2D eigenvalue weighted by Gasteiger charge is 2.36. The molecule has 5 rings (SSSR count). The Labute approximate surface area is 190 Å². The predicted molar refractivity (Wildman–Crippen MR) is 121 cm³/mol. The van der Waals surface area contributed by atoms with Crippen LogP contribution in [0.2, 0.25) is 0 Å². The smallest absolute Gasteiger partial charge is 0.255 e. The van der Waals surface area contributed by atoms with Gasteiger partial charge in [-0.2, -0.15) is 0 Å². The van der Waals surface area contributed by atoms with Gasteiger partial charge in [-0.1, -0.05) is 48.5 Å². The van der Waals surface area contributed by atoms with Gasteiger partial charge in [-0.15, -0.1) is 0 Å². The Morgan fingerprint density at radius 3 is 2.42 bits per heavy atom. The first-order valence-electron chi connectivity index (χ1n) is 10.7. The van der Waals surface area contributed by atoms with Crippen molar-refractivity contribution in [3.8, 4) is 11.5 Å². The number of nitrogens with one attached hydrogen (secondary N) is 1. The molecule has 3 aromatic carbocycles. The molecule has 0 spiro atoms. The molecule has 1 unspecified atom stereocenters. The number of anilines is 1. The fourth-order valence-corrected chi connectivity index (χ4v) is 4.26. The van der Waals surface area contributed by atoms with E-state index in [1.54, 1.807) is 23.1 Å². The van der Waals surface area contributed by atoms with Gasteiger partial charge in [0.1, 0.15) is 6.04 Å². The molecule has 0 aliphatic carbocycles. The van der Waals surface area contributed by atoms with E-state index in [1.807, 2.05) is 48.5 Å². The summed E-state index contributed by atoms with van der Waals surface area (Å²) in [5, 5.41) is 2.88. The minimum Gasteiger partial charge on any atom is -0.454 e. The molecule has 3 aromatic rings. The average molecular weight is 442 g/mol. The lowest BCUT2D eigenvalue weighted by atomic mass is 10.0. The number of rotatable bonds is 6. The number of nitrogens with zero attached hydrogens (tertiary/aromatic N) is 1. The van der Waals surface area contributed by atoms with E-state index in [9.17, 15) is 14.4 Å². The molecule has 0 fully saturated rings. The Bertz CT molecular complexity index is 1250. The van der Waals surface area contributed by atoms with Gasteiger partial charge in [-0.05, 0) is 30.2 Å². The Kier molecular flexibility index (Phi) is 5.30. The lowest BCUT2D eigenvalue weighted by Gasteiger charge is -2.27. The number of fused-ring (bicyclic) bond motifs is 2. The zero-order chi connectivity index (χ0) is 22.9. The third-order valence-corrected chi connectivity index (χ3v) is 5.95. The highest BCUT2D eigenvalue weighted by Crippen LogP contribution is 2.37. The molecule has 2 aliphatic rings. The highest BCUT2D eigenvalue weighted by molar-refractivity contribution is 6.07. The second-order valence-electron chi connectivity index (χ2n) is 8.09. The fourth-order valence-electron chi connectivity index (χ4n) is 4.26. The molecule has 7 heteroatoms. The van der Waals surface area contributed by atoms with Gasteiger partial charge in [-0.3, -0.25) is 14.4 Å². The molecule has 2 heterocycles. The normalized spacial score (nSPS) is 14.7. The first kappa shape index (κ1) is 20.8. The molecule has 0 aromatic heterocycles. The molecular formula is C26H22N2O5. The number of hydrogen-bond acceptors (Lipinski definition) is 5. The summed E-state index contributed by atoms with van der Waals surface area (Å²) in [5.74, 6) is 0.150. The molecule has 2 aliphatic heterocycles. The van der Waals surface area contributed by atoms with E-state index < -0.39 is 6.04 Å².